The summed E-state index contributed by atoms with van der Waals surface area (Å²) in [5.41, 5.74) is 4.02. The number of fused-ring (bicyclic) bond motifs is 12. The van der Waals surface area contributed by atoms with Crippen LogP contribution < -0.4 is 77.3 Å². The van der Waals surface area contributed by atoms with Gasteiger partial charge in [-0.05, 0) is 200 Å². The van der Waals surface area contributed by atoms with E-state index >= 15 is 28.8 Å². The van der Waals surface area contributed by atoms with Crippen molar-refractivity contribution in [2.75, 3.05) is 33.8 Å². The zero-order valence-electron chi connectivity index (χ0n) is 62.6. The minimum absolute atomic E-state index is 0.0870. The van der Waals surface area contributed by atoms with Gasteiger partial charge in [-0.1, -0.05) is 55.8 Å². The monoisotopic (exact) mass is 1630 g/mol. The molecule has 1 saturated heterocycles. The lowest BCUT2D eigenvalue weighted by Gasteiger charge is -2.54. The highest BCUT2D eigenvalue weighted by atomic mass is 35.5. The van der Waals surface area contributed by atoms with E-state index in [2.05, 4.69) is 47.9 Å². The van der Waals surface area contributed by atoms with Gasteiger partial charge in [-0.3, -0.25) is 38.4 Å². The third kappa shape index (κ3) is 16.5. The molecule has 0 aromatic heterocycles. The molecule has 5 fully saturated rings. The first-order chi connectivity index (χ1) is 54.8. The summed E-state index contributed by atoms with van der Waals surface area (Å²) in [7, 11) is -1.72. The number of amides is 8. The minimum atomic E-state index is -4.88. The Morgan fingerprint density at radius 1 is 0.670 bits per heavy atom. The molecular formula is C79H90ClN11O23S. The predicted octanol–water partition coefficient (Wildman–Crippen LogP) is 0.744. The molecule has 6 aliphatic heterocycles. The summed E-state index contributed by atoms with van der Waals surface area (Å²) < 4.78 is 61.5. The standard InChI is InChI=1S/C79H90ClN11O23S/c1-33(2)19-51(83-4)71(99)89-64-66(95)38-8-16-53(50(80)26-38)112-55-28-41-27-54(70(55)114-78-69(98)68(97)67(96)56(32-81)113-78)111-44-9-5-36(6-10-44)65(94)63-77(105)88-62(75(103)85-59-39-21-34-20-35(23-39)24-40(59)22-34)47-29-42(92)30-49-58(47)46-25-37(7-15-48(46)79(49,106)107)60(73(101)90-63)87-74(102)61(41)86-72(100)52(84-76(64)104)31-57(93)91-115(108,109)45-13-11-43(12-14-45)110-18-17-82-3/h5-16,25-30,33-35,39-40,51-52,56,59-69,78,82-83,92,94-98,106-107H,17-24,31-32,81H2,1-4H3,(H,84,104)(H,85,103)(H,86,100)(H,87,102)(H,88,105)(H,89,99)(H,90,101)(H,91,93)/t34?,35?,39?,40?,51-,52+,56-,59?,60-,61-,62+,63+,64-,65-,66-,67-,68+,69-,78+/m1/s1. The molecule has 34 nitrogen and oxygen atoms in total. The number of carbonyl (C=O) groups is 8. The van der Waals surface area contributed by atoms with Crippen LogP contribution in [0.25, 0.3) is 11.1 Å². The molecule has 5 aliphatic carbocycles. The van der Waals surface area contributed by atoms with Gasteiger partial charge < -0.3 is 118 Å². The second-order valence-corrected chi connectivity index (χ2v) is 33.0. The molecule has 6 aromatic rings. The zero-order valence-corrected chi connectivity index (χ0v) is 64.1. The van der Waals surface area contributed by atoms with Crippen LogP contribution in [0.15, 0.2) is 114 Å². The van der Waals surface area contributed by atoms with Crippen LogP contribution in [-0.2, 0) is 58.9 Å². The van der Waals surface area contributed by atoms with Crippen LogP contribution in [0.4, 0.5) is 0 Å². The van der Waals surface area contributed by atoms with Crippen LogP contribution in [0, 0.1) is 29.6 Å². The van der Waals surface area contributed by atoms with Gasteiger partial charge in [0.25, 0.3) is 10.0 Å². The molecule has 20 N–H and O–H groups in total. The quantitative estimate of drug-likeness (QED) is 0.0417. The van der Waals surface area contributed by atoms with E-state index < -0.39 is 195 Å². The largest absolute Gasteiger partial charge is 0.508 e. The van der Waals surface area contributed by atoms with Gasteiger partial charge >= 0.3 is 0 Å². The highest BCUT2D eigenvalue weighted by Crippen LogP contribution is 2.56. The molecule has 14 atom stereocenters. The lowest BCUT2D eigenvalue weighted by atomic mass is 9.54. The van der Waals surface area contributed by atoms with E-state index in [0.717, 1.165) is 74.6 Å². The highest BCUT2D eigenvalue weighted by molar-refractivity contribution is 7.90. The number of sulfonamides is 1. The van der Waals surface area contributed by atoms with Crippen LogP contribution in [0.1, 0.15) is 128 Å². The second kappa shape index (κ2) is 32.9. The number of rotatable bonds is 18. The van der Waals surface area contributed by atoms with Gasteiger partial charge in [0.2, 0.25) is 65.1 Å². The number of aliphatic hydroxyl groups is 7. The van der Waals surface area contributed by atoms with Crippen molar-refractivity contribution >= 4 is 68.9 Å². The smallest absolute Gasteiger partial charge is 0.264 e. The molecule has 17 rings (SSSR count). The lowest BCUT2D eigenvalue weighted by Crippen LogP contribution is -2.60. The number of phenols is 1. The normalized spacial score (nSPS) is 28.8. The number of benzene rings is 6. The minimum Gasteiger partial charge on any atom is -0.508 e. The van der Waals surface area contributed by atoms with Crippen molar-refractivity contribution in [3.8, 4) is 51.4 Å². The number of ether oxygens (including phenoxy) is 5. The number of carbonyl (C=O) groups excluding carboxylic acids is 8. The molecule has 6 aromatic carbocycles. The molecule has 0 spiro atoms. The van der Waals surface area contributed by atoms with Crippen LogP contribution >= 0.6 is 11.6 Å². The van der Waals surface area contributed by atoms with E-state index in [1.807, 2.05) is 18.6 Å². The van der Waals surface area contributed by atoms with Crippen molar-refractivity contribution in [2.24, 2.45) is 35.3 Å². The van der Waals surface area contributed by atoms with Crippen molar-refractivity contribution in [1.82, 2.24) is 52.6 Å². The SMILES string of the molecule is CNCCOc1ccc(S(=O)(=O)NC(=O)C[C@@H]2NC(=O)[C@H](NC(=O)[C@@H](CC(C)C)NC)[C@H](O)c3ccc(c(Cl)c3)Oc3cc4cc(c3O[C@@H]3O[C@H](CN)[C@@H](O)[C@H](O)[C@H]3O)Oc3ccc(cc3)[C@@H](O)[C@@H]3NC(=O)[C@H](NC(=O)[C@@H]4NC2=O)c2ccc4c(c2)-c2c(cc(O)cc2C4(O)O)[C@@H](C(=O)NC2C4CC5CC(C4)CC2C5)NC3=O)cc1. The Morgan fingerprint density at radius 2 is 1.32 bits per heavy atom. The molecule has 0 radical (unpaired) electrons. The van der Waals surface area contributed by atoms with E-state index in [-0.39, 0.29) is 104 Å². The summed E-state index contributed by atoms with van der Waals surface area (Å²) in [5.74, 6) is -14.5. The average Bonchev–Trinajstić information content (AvgIpc) is 1.56. The topological polar surface area (TPSA) is 525 Å². The van der Waals surface area contributed by atoms with Gasteiger partial charge in [-0.15, -0.1) is 0 Å². The Bertz CT molecular complexity index is 4900. The van der Waals surface area contributed by atoms with E-state index in [1.165, 1.54) is 73.8 Å². The molecule has 6 heterocycles. The maximum absolute atomic E-state index is 16.4. The molecule has 11 aliphatic rings. The van der Waals surface area contributed by atoms with Gasteiger partial charge in [-0.25, -0.2) is 13.1 Å². The van der Waals surface area contributed by atoms with E-state index in [9.17, 15) is 58.9 Å². The summed E-state index contributed by atoms with van der Waals surface area (Å²) in [6, 6.07) is 7.11. The van der Waals surface area contributed by atoms with Crippen molar-refractivity contribution in [3.63, 3.8) is 0 Å². The van der Waals surface area contributed by atoms with Crippen molar-refractivity contribution in [3.05, 3.63) is 153 Å². The number of phenolic OH excluding ortho intramolecular Hbond substituents is 1. The van der Waals surface area contributed by atoms with Gasteiger partial charge in [0.05, 0.1) is 22.4 Å². The molecule has 115 heavy (non-hydrogen) atoms. The number of aromatic hydroxyl groups is 1. The average molecular weight is 1630 g/mol. The number of halogens is 1. The number of nitrogens with one attached hydrogen (secondary N) is 10. The van der Waals surface area contributed by atoms with E-state index in [0.29, 0.717) is 18.4 Å². The van der Waals surface area contributed by atoms with Gasteiger partial charge in [0.15, 0.2) is 11.5 Å². The fraction of sp³-hybridized carbons (Fsp3) is 0.443. The van der Waals surface area contributed by atoms with Crippen LogP contribution in [-0.4, -0.2) is 191 Å². The molecule has 612 valence electrons. The first-order valence-electron chi connectivity index (χ1n) is 37.8. The van der Waals surface area contributed by atoms with Gasteiger partial charge in [-0.2, -0.15) is 0 Å². The predicted molar refractivity (Wildman–Crippen MR) is 405 cm³/mol. The molecule has 8 amide bonds. The Hall–Kier alpha value is -10.1. The highest BCUT2D eigenvalue weighted by Gasteiger charge is 2.52. The Morgan fingerprint density at radius 3 is 1.98 bits per heavy atom. The number of hydrogen-bond donors (Lipinski definition) is 19. The fourth-order valence-corrected chi connectivity index (χ4v) is 18.4. The third-order valence-corrected chi connectivity index (χ3v) is 24.4. The van der Waals surface area contributed by atoms with Crippen molar-refractivity contribution in [1.29, 1.82) is 0 Å². The van der Waals surface area contributed by atoms with Crippen LogP contribution in [0.2, 0.25) is 5.02 Å². The van der Waals surface area contributed by atoms with Gasteiger partial charge in [0.1, 0.15) is 102 Å². The zero-order chi connectivity index (χ0) is 82.0. The fourth-order valence-electron chi connectivity index (χ4n) is 17.1. The number of aliphatic hydroxyl groups excluding tert-OH is 5. The van der Waals surface area contributed by atoms with E-state index in [1.54, 1.807) is 7.05 Å². The summed E-state index contributed by atoms with van der Waals surface area (Å²) >= 11 is 7.10. The number of nitrogens with two attached hydrogens (primary N) is 1. The second-order valence-electron chi connectivity index (χ2n) is 31.0. The lowest BCUT2D eigenvalue weighted by molar-refractivity contribution is -0.270. The Balaban J connectivity index is 0.945. The van der Waals surface area contributed by atoms with Crippen LogP contribution in [0.5, 0.6) is 40.2 Å². The summed E-state index contributed by atoms with van der Waals surface area (Å²) in [6.07, 6.45) is -10.2. The number of hydrogen-bond acceptors (Lipinski definition) is 26. The van der Waals surface area contributed by atoms with Crippen molar-refractivity contribution in [2.45, 2.75) is 161 Å². The molecule has 4 saturated carbocycles. The third-order valence-electron chi connectivity index (χ3n) is 22.7. The maximum Gasteiger partial charge on any atom is 0.264 e. The van der Waals surface area contributed by atoms with Crippen LogP contribution in [0.3, 0.4) is 0 Å². The van der Waals surface area contributed by atoms with E-state index in [4.69, 9.17) is 41.0 Å². The summed E-state index contributed by atoms with van der Waals surface area (Å²) in [5, 5.41) is 119. The molecule has 36 heteroatoms. The van der Waals surface area contributed by atoms with Crippen molar-refractivity contribution < 1.29 is 111 Å². The summed E-state index contributed by atoms with van der Waals surface area (Å²) in [6.45, 7) is 3.80. The Kier molecular flexibility index (Phi) is 23.3. The molecule has 0 unspecified atom stereocenters. The maximum atomic E-state index is 16.4. The molecule has 15 bridgehead atoms. The van der Waals surface area contributed by atoms with Gasteiger partial charge in [0, 0.05) is 30.3 Å². The Labute approximate surface area is 663 Å². The first-order valence-corrected chi connectivity index (χ1v) is 39.7. The molecular weight excluding hydrogens is 1540 g/mol. The summed E-state index contributed by atoms with van der Waals surface area (Å²) in [4.78, 5) is 123. The first kappa shape index (κ1) is 81.4. The number of likely N-dealkylation sites (N-methyl/N-ethyl adjacent to an activating group) is 2.